The van der Waals surface area contributed by atoms with E-state index >= 15 is 0 Å². The van der Waals surface area contributed by atoms with Gasteiger partial charge in [0.2, 0.25) is 0 Å². The Hall–Kier alpha value is -2.91. The van der Waals surface area contributed by atoms with E-state index < -0.39 is 0 Å². The molecule has 0 atom stereocenters. The Kier molecular flexibility index (Phi) is 3.99. The maximum atomic E-state index is 5.76. The van der Waals surface area contributed by atoms with E-state index in [2.05, 4.69) is 32.1 Å². The Balaban J connectivity index is 1.74. The Morgan fingerprint density at radius 3 is 2.95 bits per heavy atom. The molecule has 0 aliphatic heterocycles. The molecule has 0 saturated heterocycles. The van der Waals surface area contributed by atoms with Gasteiger partial charge < -0.3 is 11.1 Å². The Bertz CT molecular complexity index is 884. The number of benzene rings is 1. The van der Waals surface area contributed by atoms with E-state index in [0.717, 1.165) is 26.7 Å². The van der Waals surface area contributed by atoms with Gasteiger partial charge in [0.25, 0.3) is 0 Å². The maximum absolute atomic E-state index is 5.76. The molecule has 0 aliphatic rings. The van der Waals surface area contributed by atoms with Crippen LogP contribution in [0.1, 0.15) is 10.7 Å². The van der Waals surface area contributed by atoms with E-state index in [1.165, 1.54) is 0 Å². The van der Waals surface area contributed by atoms with Crippen molar-refractivity contribution in [1.82, 2.24) is 15.0 Å². The van der Waals surface area contributed by atoms with Crippen LogP contribution in [-0.4, -0.2) is 22.0 Å². The molecule has 2 heterocycles. The van der Waals surface area contributed by atoms with Crippen LogP contribution in [0.4, 0.5) is 11.5 Å². The molecule has 22 heavy (non-hydrogen) atoms. The molecule has 0 aliphatic carbocycles. The number of nitrogens with zero attached hydrogens (tertiary/aromatic N) is 3. The molecule has 0 fully saturated rings. The molecule has 0 spiro atoms. The van der Waals surface area contributed by atoms with E-state index in [1.54, 1.807) is 36.9 Å². The zero-order chi connectivity index (χ0) is 15.4. The first-order chi connectivity index (χ1) is 10.7. The first-order valence-electron chi connectivity index (χ1n) is 6.58. The van der Waals surface area contributed by atoms with Crippen molar-refractivity contribution in [2.24, 2.45) is 0 Å². The fourth-order valence-electron chi connectivity index (χ4n) is 1.78. The monoisotopic (exact) mass is 307 g/mol. The highest BCUT2D eigenvalue weighted by Gasteiger charge is 2.00. The second-order valence-corrected chi connectivity index (χ2v) is 5.48. The predicted octanol–water partition coefficient (Wildman–Crippen LogP) is 2.78. The highest BCUT2D eigenvalue weighted by Crippen LogP contribution is 2.24. The van der Waals surface area contributed by atoms with E-state index in [4.69, 9.17) is 5.73 Å². The van der Waals surface area contributed by atoms with Gasteiger partial charge >= 0.3 is 0 Å². The number of nitrogens with one attached hydrogen (secondary N) is 1. The van der Waals surface area contributed by atoms with Crippen molar-refractivity contribution in [3.63, 3.8) is 0 Å². The summed E-state index contributed by atoms with van der Waals surface area (Å²) >= 11 is 1.58. The van der Waals surface area contributed by atoms with Gasteiger partial charge in [0.15, 0.2) is 0 Å². The van der Waals surface area contributed by atoms with Crippen LogP contribution in [0.2, 0.25) is 0 Å². The van der Waals surface area contributed by atoms with Crippen LogP contribution in [-0.2, 0) is 0 Å². The molecule has 108 valence electrons. The zero-order valence-corrected chi connectivity index (χ0v) is 12.7. The molecule has 0 amide bonds. The van der Waals surface area contributed by atoms with Crippen LogP contribution < -0.4 is 11.1 Å². The largest absolute Gasteiger partial charge is 0.399 e. The fraction of sp³-hybridized carbons (Fsp3) is 0.0625. The number of thiazole rings is 1. The van der Waals surface area contributed by atoms with Crippen molar-refractivity contribution in [2.45, 2.75) is 0 Å². The number of fused-ring (bicyclic) bond motifs is 1. The summed E-state index contributed by atoms with van der Waals surface area (Å²) in [6, 6.07) is 5.70. The van der Waals surface area contributed by atoms with Gasteiger partial charge in [-0.3, -0.25) is 0 Å². The lowest BCUT2D eigenvalue weighted by Crippen LogP contribution is -1.93. The SMILES string of the molecule is CNc1cnc(C#C/C=C/c2nc3ccc(N)cc3s2)cn1. The van der Waals surface area contributed by atoms with Crippen LogP contribution in [0, 0.1) is 11.8 Å². The summed E-state index contributed by atoms with van der Waals surface area (Å²) in [6.45, 7) is 0. The van der Waals surface area contributed by atoms with Crippen LogP contribution in [0.15, 0.2) is 36.7 Å². The van der Waals surface area contributed by atoms with Crippen LogP contribution >= 0.6 is 11.3 Å². The normalized spacial score (nSPS) is 10.6. The van der Waals surface area contributed by atoms with Gasteiger partial charge in [-0.05, 0) is 36.3 Å². The molecule has 3 rings (SSSR count). The van der Waals surface area contributed by atoms with E-state index in [0.29, 0.717) is 5.69 Å². The molecular weight excluding hydrogens is 294 g/mol. The van der Waals surface area contributed by atoms with Gasteiger partial charge in [0.05, 0.1) is 22.6 Å². The van der Waals surface area contributed by atoms with Crippen molar-refractivity contribution >= 4 is 39.1 Å². The Morgan fingerprint density at radius 1 is 1.27 bits per heavy atom. The first kappa shape index (κ1) is 14.0. The summed E-state index contributed by atoms with van der Waals surface area (Å²) < 4.78 is 1.07. The van der Waals surface area contributed by atoms with Gasteiger partial charge in [-0.15, -0.1) is 11.3 Å². The molecule has 6 heteroatoms. The number of allylic oxidation sites excluding steroid dienone is 1. The molecule has 5 nitrogen and oxygen atoms in total. The van der Waals surface area contributed by atoms with Gasteiger partial charge in [0, 0.05) is 12.7 Å². The quantitative estimate of drug-likeness (QED) is 0.562. The lowest BCUT2D eigenvalue weighted by Gasteiger charge is -1.95. The fourth-order valence-corrected chi connectivity index (χ4v) is 2.70. The average Bonchev–Trinajstić information content (AvgIpc) is 2.94. The summed E-state index contributed by atoms with van der Waals surface area (Å²) in [5, 5.41) is 3.80. The lowest BCUT2D eigenvalue weighted by molar-refractivity contribution is 1.16. The zero-order valence-electron chi connectivity index (χ0n) is 11.9. The molecule has 1 aromatic carbocycles. The maximum Gasteiger partial charge on any atom is 0.144 e. The van der Waals surface area contributed by atoms with Crippen molar-refractivity contribution in [2.75, 3.05) is 18.1 Å². The molecule has 3 aromatic rings. The second kappa shape index (κ2) is 6.24. The number of hydrogen-bond donors (Lipinski definition) is 2. The van der Waals surface area contributed by atoms with E-state index in [1.807, 2.05) is 24.3 Å². The Morgan fingerprint density at radius 2 is 2.18 bits per heavy atom. The standard InChI is InChI=1S/C16H13N5S/c1-18-15-10-19-12(9-20-15)4-2-3-5-16-21-13-7-6-11(17)8-14(13)22-16/h3,5-10H,17H2,1H3,(H,18,20)/b5-3+. The highest BCUT2D eigenvalue weighted by atomic mass is 32.1. The van der Waals surface area contributed by atoms with Gasteiger partial charge in [-0.25, -0.2) is 15.0 Å². The number of nitrogens with two attached hydrogens (primary N) is 1. The van der Waals surface area contributed by atoms with Crippen LogP contribution in [0.25, 0.3) is 16.3 Å². The topological polar surface area (TPSA) is 76.7 Å². The summed E-state index contributed by atoms with van der Waals surface area (Å²) in [5.74, 6) is 6.58. The smallest absolute Gasteiger partial charge is 0.144 e. The average molecular weight is 307 g/mol. The minimum atomic E-state index is 0.626. The Labute approximate surface area is 131 Å². The molecule has 3 N–H and O–H groups in total. The molecule has 0 saturated carbocycles. The molecule has 0 radical (unpaired) electrons. The minimum Gasteiger partial charge on any atom is -0.399 e. The minimum absolute atomic E-state index is 0.626. The van der Waals surface area contributed by atoms with Gasteiger partial charge in [-0.2, -0.15) is 0 Å². The van der Waals surface area contributed by atoms with Crippen molar-refractivity contribution in [3.05, 3.63) is 47.4 Å². The third-order valence-corrected chi connectivity index (χ3v) is 3.83. The van der Waals surface area contributed by atoms with E-state index in [-0.39, 0.29) is 0 Å². The molecule has 0 unspecified atom stereocenters. The second-order valence-electron chi connectivity index (χ2n) is 4.42. The lowest BCUT2D eigenvalue weighted by atomic mass is 10.3. The molecule has 0 bridgehead atoms. The number of rotatable bonds is 2. The summed E-state index contributed by atoms with van der Waals surface area (Å²) in [6.07, 6.45) is 6.91. The molecule has 2 aromatic heterocycles. The molecular formula is C16H13N5S. The van der Waals surface area contributed by atoms with E-state index in [9.17, 15) is 0 Å². The number of aromatic nitrogens is 3. The van der Waals surface area contributed by atoms with Crippen LogP contribution in [0.5, 0.6) is 0 Å². The van der Waals surface area contributed by atoms with Crippen molar-refractivity contribution in [3.8, 4) is 11.8 Å². The number of anilines is 2. The third kappa shape index (κ3) is 3.22. The summed E-state index contributed by atoms with van der Waals surface area (Å²) in [5.41, 5.74) is 8.08. The first-order valence-corrected chi connectivity index (χ1v) is 7.40. The third-order valence-electron chi connectivity index (χ3n) is 2.85. The van der Waals surface area contributed by atoms with Crippen molar-refractivity contribution in [1.29, 1.82) is 0 Å². The van der Waals surface area contributed by atoms with Gasteiger partial charge in [0.1, 0.15) is 16.5 Å². The predicted molar refractivity (Wildman–Crippen MR) is 91.5 cm³/mol. The summed E-state index contributed by atoms with van der Waals surface area (Å²) in [7, 11) is 1.80. The highest BCUT2D eigenvalue weighted by molar-refractivity contribution is 7.19. The summed E-state index contributed by atoms with van der Waals surface area (Å²) in [4.78, 5) is 12.8. The number of nitrogen functional groups attached to an aromatic ring is 1. The van der Waals surface area contributed by atoms with Crippen molar-refractivity contribution < 1.29 is 0 Å². The van der Waals surface area contributed by atoms with Gasteiger partial charge in [-0.1, -0.05) is 5.92 Å². The number of hydrogen-bond acceptors (Lipinski definition) is 6. The van der Waals surface area contributed by atoms with Crippen LogP contribution in [0.3, 0.4) is 0 Å².